The quantitative estimate of drug-likeness (QED) is 0.516. The van der Waals surface area contributed by atoms with Gasteiger partial charge in [0.15, 0.2) is 0 Å². The van der Waals surface area contributed by atoms with Crippen molar-refractivity contribution in [2.24, 2.45) is 0 Å². The van der Waals surface area contributed by atoms with E-state index < -0.39 is 36.5 Å². The molecular weight excluding hydrogens is 456 g/mol. The Labute approximate surface area is 192 Å². The number of alkyl halides is 2. The number of ether oxygens (including phenoxy) is 1. The van der Waals surface area contributed by atoms with Crippen LogP contribution in [0.3, 0.4) is 0 Å². The normalized spacial score (nSPS) is 18.0. The smallest absolute Gasteiger partial charge is 0.387 e. The zero-order chi connectivity index (χ0) is 23.8. The minimum atomic E-state index is -3.04. The predicted octanol–water partition coefficient (Wildman–Crippen LogP) is 4.50. The summed E-state index contributed by atoms with van der Waals surface area (Å²) < 4.78 is 28.9. The summed E-state index contributed by atoms with van der Waals surface area (Å²) in [6.45, 7) is -2.00. The van der Waals surface area contributed by atoms with Gasteiger partial charge in [-0.2, -0.15) is 8.78 Å². The van der Waals surface area contributed by atoms with E-state index in [0.717, 1.165) is 15.7 Å². The second-order valence-electron chi connectivity index (χ2n) is 7.58. The first-order chi connectivity index (χ1) is 15.7. The van der Waals surface area contributed by atoms with Crippen LogP contribution >= 0.6 is 11.6 Å². The molecule has 0 radical (unpaired) electrons. The molecule has 10 heteroatoms. The lowest BCUT2D eigenvalue weighted by Gasteiger charge is -2.22. The minimum absolute atomic E-state index is 0.132. The van der Waals surface area contributed by atoms with E-state index in [0.29, 0.717) is 5.56 Å². The van der Waals surface area contributed by atoms with E-state index >= 15 is 0 Å². The van der Waals surface area contributed by atoms with E-state index in [9.17, 15) is 23.2 Å². The van der Waals surface area contributed by atoms with Crippen LogP contribution in [0.15, 0.2) is 60.7 Å². The van der Waals surface area contributed by atoms with Crippen molar-refractivity contribution in [2.45, 2.75) is 19.1 Å². The molecule has 0 spiro atoms. The second kappa shape index (κ2) is 8.67. The van der Waals surface area contributed by atoms with Crippen molar-refractivity contribution >= 4 is 45.9 Å². The molecule has 4 rings (SSSR count). The average molecular weight is 474 g/mol. The van der Waals surface area contributed by atoms with Gasteiger partial charge >= 0.3 is 12.6 Å². The molecule has 7 nitrogen and oxygen atoms in total. The van der Waals surface area contributed by atoms with E-state index in [-0.39, 0.29) is 16.5 Å². The van der Waals surface area contributed by atoms with Crippen LogP contribution in [0.25, 0.3) is 10.8 Å². The molecule has 2 N–H and O–H groups in total. The van der Waals surface area contributed by atoms with Crippen LogP contribution in [-0.4, -0.2) is 35.9 Å². The van der Waals surface area contributed by atoms with Gasteiger partial charge in [-0.1, -0.05) is 48.0 Å². The van der Waals surface area contributed by atoms with Gasteiger partial charge in [-0.05, 0) is 47.5 Å². The summed E-state index contributed by atoms with van der Waals surface area (Å²) in [5.74, 6) is -1.48. The summed E-state index contributed by atoms with van der Waals surface area (Å²) in [6.07, 6.45) is 0. The van der Waals surface area contributed by atoms with E-state index in [2.05, 4.69) is 15.4 Å². The molecule has 4 amide bonds. The number of halogens is 3. The number of carbonyl (C=O) groups is 3. The average Bonchev–Trinajstić information content (AvgIpc) is 2.99. The summed E-state index contributed by atoms with van der Waals surface area (Å²) in [5.41, 5.74) is -0.557. The second-order valence-corrected chi connectivity index (χ2v) is 7.99. The largest absolute Gasteiger partial charge is 0.433 e. The molecule has 1 aliphatic rings. The molecule has 3 aromatic carbocycles. The number of amides is 4. The molecule has 1 atom stereocenters. The summed E-state index contributed by atoms with van der Waals surface area (Å²) in [7, 11) is 0. The number of nitrogens with zero attached hydrogens (tertiary/aromatic N) is 1. The number of urea groups is 1. The fourth-order valence-electron chi connectivity index (χ4n) is 3.65. The zero-order valence-corrected chi connectivity index (χ0v) is 18.0. The van der Waals surface area contributed by atoms with Crippen LogP contribution in [-0.2, 0) is 15.1 Å². The standard InChI is InChI=1S/C23H18ClF2N3O4/c1-23(15-7-6-13-4-2-3-5-14(13)10-15)20(31)29(22(32)28-23)12-19(30)27-16-8-9-18(17(24)11-16)33-21(25)26/h2-11,21H,12H2,1H3,(H,27,30)(H,28,32). The number of benzene rings is 3. The molecule has 1 unspecified atom stereocenters. The fraction of sp³-hybridized carbons (Fsp3) is 0.174. The molecule has 1 heterocycles. The number of fused-ring (bicyclic) bond motifs is 1. The monoisotopic (exact) mass is 473 g/mol. The highest BCUT2D eigenvalue weighted by molar-refractivity contribution is 6.32. The topological polar surface area (TPSA) is 87.7 Å². The highest BCUT2D eigenvalue weighted by Gasteiger charge is 2.49. The van der Waals surface area contributed by atoms with Crippen molar-refractivity contribution in [2.75, 3.05) is 11.9 Å². The Hall–Kier alpha value is -3.72. The van der Waals surface area contributed by atoms with Crippen molar-refractivity contribution in [3.8, 4) is 5.75 Å². The zero-order valence-electron chi connectivity index (χ0n) is 17.3. The van der Waals surface area contributed by atoms with Gasteiger partial charge in [0, 0.05) is 5.69 Å². The summed E-state index contributed by atoms with van der Waals surface area (Å²) >= 11 is 5.88. The SMILES string of the molecule is CC1(c2ccc3ccccc3c2)NC(=O)N(CC(=O)Nc2ccc(OC(F)F)c(Cl)c2)C1=O. The van der Waals surface area contributed by atoms with E-state index in [1.54, 1.807) is 13.0 Å². The first-order valence-corrected chi connectivity index (χ1v) is 10.2. The molecule has 3 aromatic rings. The van der Waals surface area contributed by atoms with Gasteiger partial charge in [0.05, 0.1) is 5.02 Å². The maximum Gasteiger partial charge on any atom is 0.387 e. The van der Waals surface area contributed by atoms with Crippen LogP contribution in [0.2, 0.25) is 5.02 Å². The van der Waals surface area contributed by atoms with E-state index in [1.165, 1.54) is 18.2 Å². The van der Waals surface area contributed by atoms with Gasteiger partial charge in [0.25, 0.3) is 5.91 Å². The number of hydrogen-bond acceptors (Lipinski definition) is 4. The Kier molecular flexibility index (Phi) is 5.90. The van der Waals surface area contributed by atoms with Crippen LogP contribution in [0.4, 0.5) is 19.3 Å². The number of imide groups is 1. The van der Waals surface area contributed by atoms with E-state index in [1.807, 2.05) is 36.4 Å². The van der Waals surface area contributed by atoms with Crippen LogP contribution < -0.4 is 15.4 Å². The number of hydrogen-bond donors (Lipinski definition) is 2. The molecular formula is C23H18ClF2N3O4. The van der Waals surface area contributed by atoms with Crippen molar-refractivity contribution in [3.05, 3.63) is 71.2 Å². The van der Waals surface area contributed by atoms with Crippen LogP contribution in [0, 0.1) is 0 Å². The third-order valence-electron chi connectivity index (χ3n) is 5.34. The fourth-order valence-corrected chi connectivity index (χ4v) is 3.88. The Morgan fingerprint density at radius 2 is 1.85 bits per heavy atom. The van der Waals surface area contributed by atoms with Crippen LogP contribution in [0.1, 0.15) is 12.5 Å². The number of nitrogens with one attached hydrogen (secondary N) is 2. The highest BCUT2D eigenvalue weighted by Crippen LogP contribution is 2.32. The Morgan fingerprint density at radius 3 is 2.55 bits per heavy atom. The predicted molar refractivity (Wildman–Crippen MR) is 118 cm³/mol. The molecule has 33 heavy (non-hydrogen) atoms. The molecule has 0 bridgehead atoms. The number of rotatable bonds is 6. The Morgan fingerprint density at radius 1 is 1.12 bits per heavy atom. The van der Waals surface area contributed by atoms with Gasteiger partial charge in [0.1, 0.15) is 17.8 Å². The lowest BCUT2D eigenvalue weighted by Crippen LogP contribution is -2.42. The molecule has 170 valence electrons. The van der Waals surface area contributed by atoms with Gasteiger partial charge in [-0.15, -0.1) is 0 Å². The van der Waals surface area contributed by atoms with Crippen molar-refractivity contribution in [1.82, 2.24) is 10.2 Å². The van der Waals surface area contributed by atoms with Crippen molar-refractivity contribution < 1.29 is 27.9 Å². The molecule has 0 aromatic heterocycles. The van der Waals surface area contributed by atoms with Gasteiger partial charge in [0.2, 0.25) is 5.91 Å². The van der Waals surface area contributed by atoms with Gasteiger partial charge < -0.3 is 15.4 Å². The molecule has 1 fully saturated rings. The molecule has 1 aliphatic heterocycles. The van der Waals surface area contributed by atoms with Crippen LogP contribution in [0.5, 0.6) is 5.75 Å². The Bertz CT molecular complexity index is 1270. The van der Waals surface area contributed by atoms with Gasteiger partial charge in [-0.3, -0.25) is 14.5 Å². The summed E-state index contributed by atoms with van der Waals surface area (Å²) in [5, 5.41) is 6.91. The maximum absolute atomic E-state index is 13.1. The first kappa shape index (κ1) is 22.5. The minimum Gasteiger partial charge on any atom is -0.433 e. The molecule has 1 saturated heterocycles. The lowest BCUT2D eigenvalue weighted by atomic mass is 9.90. The third-order valence-corrected chi connectivity index (χ3v) is 5.63. The van der Waals surface area contributed by atoms with Crippen molar-refractivity contribution in [1.29, 1.82) is 0 Å². The number of carbonyl (C=O) groups excluding carboxylic acids is 3. The maximum atomic E-state index is 13.1. The number of anilines is 1. The summed E-state index contributed by atoms with van der Waals surface area (Å²) in [6, 6.07) is 16.1. The van der Waals surface area contributed by atoms with Gasteiger partial charge in [-0.25, -0.2) is 4.79 Å². The molecule has 0 aliphatic carbocycles. The Balaban J connectivity index is 1.48. The third kappa shape index (κ3) is 4.45. The van der Waals surface area contributed by atoms with Crippen molar-refractivity contribution in [3.63, 3.8) is 0 Å². The molecule has 0 saturated carbocycles. The van der Waals surface area contributed by atoms with E-state index in [4.69, 9.17) is 11.6 Å². The lowest BCUT2D eigenvalue weighted by molar-refractivity contribution is -0.133. The first-order valence-electron chi connectivity index (χ1n) is 9.85. The summed E-state index contributed by atoms with van der Waals surface area (Å²) in [4.78, 5) is 38.9. The highest BCUT2D eigenvalue weighted by atomic mass is 35.5.